The van der Waals surface area contributed by atoms with E-state index < -0.39 is 12.2 Å². The van der Waals surface area contributed by atoms with Gasteiger partial charge in [-0.3, -0.25) is 4.79 Å². The molecule has 2 aliphatic rings. The van der Waals surface area contributed by atoms with Crippen LogP contribution in [0.5, 0.6) is 0 Å². The minimum absolute atomic E-state index is 0.0990. The Morgan fingerprint density at radius 1 is 1.29 bits per heavy atom. The summed E-state index contributed by atoms with van der Waals surface area (Å²) in [5, 5.41) is 18.6. The molecule has 0 aliphatic carbocycles. The Labute approximate surface area is 82.3 Å². The van der Waals surface area contributed by atoms with Gasteiger partial charge in [-0.25, -0.2) is 0 Å². The number of aliphatic hydroxyl groups excluding tert-OH is 2. The average Bonchev–Trinajstić information content (AvgIpc) is 2.76. The lowest BCUT2D eigenvalue weighted by atomic mass is 10.2. The van der Waals surface area contributed by atoms with Crippen LogP contribution in [-0.2, 0) is 9.53 Å². The number of rotatable bonds is 1. The molecule has 3 atom stereocenters. The van der Waals surface area contributed by atoms with E-state index >= 15 is 0 Å². The van der Waals surface area contributed by atoms with Crippen LogP contribution in [0.2, 0.25) is 0 Å². The molecule has 0 radical (unpaired) electrons. The van der Waals surface area contributed by atoms with Crippen LogP contribution in [0, 0.1) is 0 Å². The number of carbonyl (C=O) groups is 1. The van der Waals surface area contributed by atoms with Gasteiger partial charge in [-0.2, -0.15) is 0 Å². The Morgan fingerprint density at radius 3 is 2.43 bits per heavy atom. The maximum atomic E-state index is 11.7. The minimum Gasteiger partial charge on any atom is -0.388 e. The van der Waals surface area contributed by atoms with Gasteiger partial charge in [-0.1, -0.05) is 0 Å². The number of carbonyl (C=O) groups excluding carboxylic acids is 1. The molecule has 0 aromatic rings. The van der Waals surface area contributed by atoms with Gasteiger partial charge < -0.3 is 19.8 Å². The highest BCUT2D eigenvalue weighted by Gasteiger charge is 2.36. The summed E-state index contributed by atoms with van der Waals surface area (Å²) in [7, 11) is 0. The van der Waals surface area contributed by atoms with Crippen LogP contribution in [-0.4, -0.2) is 59.0 Å². The van der Waals surface area contributed by atoms with Gasteiger partial charge in [0.05, 0.1) is 12.2 Å². The molecule has 5 heteroatoms. The van der Waals surface area contributed by atoms with E-state index in [1.54, 1.807) is 0 Å². The Bertz CT molecular complexity index is 217. The van der Waals surface area contributed by atoms with Crippen LogP contribution in [0.3, 0.4) is 0 Å². The standard InChI is InChI=1S/C9H15NO4/c11-6-4-10(5-7(6)12)9(13)8-2-1-3-14-8/h6-8,11-12H,1-5H2/t6-,7+,8-/m0/s1. The van der Waals surface area contributed by atoms with Gasteiger partial charge in [0.2, 0.25) is 0 Å². The van der Waals surface area contributed by atoms with Gasteiger partial charge in [0.1, 0.15) is 6.10 Å². The number of ether oxygens (including phenoxy) is 1. The fourth-order valence-electron chi connectivity index (χ4n) is 1.93. The van der Waals surface area contributed by atoms with E-state index in [2.05, 4.69) is 0 Å². The van der Waals surface area contributed by atoms with E-state index in [0.29, 0.717) is 6.61 Å². The predicted molar refractivity (Wildman–Crippen MR) is 47.6 cm³/mol. The second-order valence-corrected chi connectivity index (χ2v) is 3.88. The third-order valence-electron chi connectivity index (χ3n) is 2.78. The monoisotopic (exact) mass is 201 g/mol. The molecule has 2 aliphatic heterocycles. The van der Waals surface area contributed by atoms with Crippen molar-refractivity contribution in [3.05, 3.63) is 0 Å². The second kappa shape index (κ2) is 3.84. The van der Waals surface area contributed by atoms with Gasteiger partial charge in [0, 0.05) is 19.7 Å². The maximum Gasteiger partial charge on any atom is 0.251 e. The number of β-amino-alcohol motifs (C(OH)–C–C–N with tert-alkyl or cyclic N) is 2. The van der Waals surface area contributed by atoms with E-state index in [9.17, 15) is 15.0 Å². The van der Waals surface area contributed by atoms with Gasteiger partial charge in [0.15, 0.2) is 0 Å². The van der Waals surface area contributed by atoms with Crippen LogP contribution < -0.4 is 0 Å². The fourth-order valence-corrected chi connectivity index (χ4v) is 1.93. The largest absolute Gasteiger partial charge is 0.388 e. The van der Waals surface area contributed by atoms with Gasteiger partial charge in [-0.05, 0) is 12.8 Å². The summed E-state index contributed by atoms with van der Waals surface area (Å²) < 4.78 is 5.24. The third kappa shape index (κ3) is 1.75. The van der Waals surface area contributed by atoms with E-state index in [1.807, 2.05) is 0 Å². The van der Waals surface area contributed by atoms with E-state index in [0.717, 1.165) is 12.8 Å². The molecule has 0 saturated carbocycles. The van der Waals surface area contributed by atoms with Gasteiger partial charge >= 0.3 is 0 Å². The first kappa shape index (κ1) is 9.89. The Kier molecular flexibility index (Phi) is 2.71. The molecule has 0 aromatic heterocycles. The quantitative estimate of drug-likeness (QED) is 0.555. The van der Waals surface area contributed by atoms with Crippen molar-refractivity contribution < 1.29 is 19.7 Å². The van der Waals surface area contributed by atoms with Crippen molar-refractivity contribution in [2.45, 2.75) is 31.2 Å². The number of likely N-dealkylation sites (tertiary alicyclic amines) is 1. The molecule has 2 fully saturated rings. The van der Waals surface area contributed by atoms with Crippen molar-refractivity contribution in [3.8, 4) is 0 Å². The topological polar surface area (TPSA) is 70.0 Å². The summed E-state index contributed by atoms with van der Waals surface area (Å²) in [5.74, 6) is -0.0990. The zero-order valence-corrected chi connectivity index (χ0v) is 7.93. The molecule has 2 rings (SSSR count). The minimum atomic E-state index is -0.805. The molecule has 80 valence electrons. The number of nitrogens with zero attached hydrogens (tertiary/aromatic N) is 1. The zero-order valence-electron chi connectivity index (χ0n) is 7.93. The summed E-state index contributed by atoms with van der Waals surface area (Å²) in [6.07, 6.45) is -0.301. The SMILES string of the molecule is O=C([C@@H]1CCCO1)N1C[C@@H](O)[C@@H](O)C1. The van der Waals surface area contributed by atoms with Gasteiger partial charge in [-0.15, -0.1) is 0 Å². The van der Waals surface area contributed by atoms with Crippen molar-refractivity contribution in [2.75, 3.05) is 19.7 Å². The highest BCUT2D eigenvalue weighted by atomic mass is 16.5. The fraction of sp³-hybridized carbons (Fsp3) is 0.889. The van der Waals surface area contributed by atoms with Gasteiger partial charge in [0.25, 0.3) is 5.91 Å². The molecule has 1 amide bonds. The predicted octanol–water partition coefficient (Wildman–Crippen LogP) is -1.27. The first-order valence-corrected chi connectivity index (χ1v) is 4.95. The molecule has 2 saturated heterocycles. The van der Waals surface area contributed by atoms with Crippen LogP contribution in [0.25, 0.3) is 0 Å². The highest BCUT2D eigenvalue weighted by Crippen LogP contribution is 2.18. The summed E-state index contributed by atoms with van der Waals surface area (Å²) in [6, 6.07) is 0. The molecule has 0 unspecified atom stereocenters. The normalized spacial score (nSPS) is 37.9. The lowest BCUT2D eigenvalue weighted by molar-refractivity contribution is -0.140. The molecule has 0 spiro atoms. The molecular formula is C9H15NO4. The van der Waals surface area contributed by atoms with Crippen LogP contribution in [0.4, 0.5) is 0 Å². The number of aliphatic hydroxyl groups is 2. The summed E-state index contributed by atoms with van der Waals surface area (Å²) in [6.45, 7) is 1.08. The van der Waals surface area contributed by atoms with Crippen molar-refractivity contribution in [2.24, 2.45) is 0 Å². The lowest BCUT2D eigenvalue weighted by Gasteiger charge is -2.19. The molecule has 2 N–H and O–H groups in total. The molecule has 5 nitrogen and oxygen atoms in total. The Morgan fingerprint density at radius 2 is 1.93 bits per heavy atom. The molecule has 0 bridgehead atoms. The first-order valence-electron chi connectivity index (χ1n) is 4.95. The van der Waals surface area contributed by atoms with Crippen molar-refractivity contribution in [1.29, 1.82) is 0 Å². The number of amides is 1. The number of hydrogen-bond acceptors (Lipinski definition) is 4. The third-order valence-corrected chi connectivity index (χ3v) is 2.78. The van der Waals surface area contributed by atoms with E-state index in [4.69, 9.17) is 4.74 Å². The van der Waals surface area contributed by atoms with Crippen molar-refractivity contribution >= 4 is 5.91 Å². The molecule has 0 aromatic carbocycles. The average molecular weight is 201 g/mol. The maximum absolute atomic E-state index is 11.7. The zero-order chi connectivity index (χ0) is 10.1. The summed E-state index contributed by atoms with van der Waals surface area (Å²) in [4.78, 5) is 13.2. The summed E-state index contributed by atoms with van der Waals surface area (Å²) in [5.41, 5.74) is 0. The molecular weight excluding hydrogens is 186 g/mol. The second-order valence-electron chi connectivity index (χ2n) is 3.88. The van der Waals surface area contributed by atoms with Crippen LogP contribution in [0.1, 0.15) is 12.8 Å². The van der Waals surface area contributed by atoms with Crippen molar-refractivity contribution in [1.82, 2.24) is 4.90 Å². The lowest BCUT2D eigenvalue weighted by Crippen LogP contribution is -2.38. The molecule has 14 heavy (non-hydrogen) atoms. The highest BCUT2D eigenvalue weighted by molar-refractivity contribution is 5.81. The Hall–Kier alpha value is -0.650. The molecule has 2 heterocycles. The van der Waals surface area contributed by atoms with Crippen LogP contribution in [0.15, 0.2) is 0 Å². The van der Waals surface area contributed by atoms with E-state index in [-0.39, 0.29) is 25.1 Å². The first-order chi connectivity index (χ1) is 6.68. The van der Waals surface area contributed by atoms with Crippen molar-refractivity contribution in [3.63, 3.8) is 0 Å². The number of hydrogen-bond donors (Lipinski definition) is 2. The van der Waals surface area contributed by atoms with Crippen LogP contribution >= 0.6 is 0 Å². The summed E-state index contributed by atoms with van der Waals surface area (Å²) >= 11 is 0. The van der Waals surface area contributed by atoms with E-state index in [1.165, 1.54) is 4.90 Å². The Balaban J connectivity index is 1.92. The smallest absolute Gasteiger partial charge is 0.251 e.